The van der Waals surface area contributed by atoms with Gasteiger partial charge in [-0.2, -0.15) is 0 Å². The second-order valence-corrected chi connectivity index (χ2v) is 4.98. The molecule has 2 aromatic carbocycles. The average Bonchev–Trinajstić information content (AvgIpc) is 2.60. The van der Waals surface area contributed by atoms with Crippen molar-refractivity contribution >= 4 is 28.6 Å². The van der Waals surface area contributed by atoms with E-state index in [4.69, 9.17) is 4.74 Å². The Hall–Kier alpha value is -3.14. The van der Waals surface area contributed by atoms with Crippen molar-refractivity contribution in [2.45, 2.75) is 0 Å². The molecule has 23 heavy (non-hydrogen) atoms. The molecule has 0 unspecified atom stereocenters. The summed E-state index contributed by atoms with van der Waals surface area (Å²) in [7, 11) is 1.59. The van der Waals surface area contributed by atoms with Gasteiger partial charge >= 0.3 is 0 Å². The Morgan fingerprint density at radius 2 is 1.96 bits per heavy atom. The van der Waals surface area contributed by atoms with Crippen molar-refractivity contribution in [2.24, 2.45) is 0 Å². The molecule has 0 spiro atoms. The van der Waals surface area contributed by atoms with Gasteiger partial charge < -0.3 is 10.1 Å². The number of amides is 1. The molecule has 1 N–H and O–H groups in total. The molecule has 0 saturated heterocycles. The number of para-hydroxylation sites is 1. The predicted molar refractivity (Wildman–Crippen MR) is 92.4 cm³/mol. The van der Waals surface area contributed by atoms with Crippen molar-refractivity contribution in [1.29, 1.82) is 0 Å². The van der Waals surface area contributed by atoms with E-state index >= 15 is 0 Å². The maximum atomic E-state index is 12.1. The molecular formula is C19H16N2O2. The van der Waals surface area contributed by atoms with Crippen LogP contribution in [0.15, 0.2) is 66.9 Å². The van der Waals surface area contributed by atoms with E-state index in [-0.39, 0.29) is 5.91 Å². The standard InChI is InChI=1S/C19H16N2O2/c1-23-17-9-3-8-16(13-17)21-18(22)11-10-15-6-2-5-14-7-4-12-20-19(14)15/h2-13H,1H3,(H,21,22). The van der Waals surface area contributed by atoms with Crippen LogP contribution >= 0.6 is 0 Å². The molecule has 1 heterocycles. The summed E-state index contributed by atoms with van der Waals surface area (Å²) in [6.45, 7) is 0. The topological polar surface area (TPSA) is 51.2 Å². The van der Waals surface area contributed by atoms with Gasteiger partial charge in [0.05, 0.1) is 12.6 Å². The molecule has 3 aromatic rings. The Labute approximate surface area is 134 Å². The summed E-state index contributed by atoms with van der Waals surface area (Å²) < 4.78 is 5.14. The zero-order chi connectivity index (χ0) is 16.1. The summed E-state index contributed by atoms with van der Waals surface area (Å²) in [5, 5.41) is 3.85. The van der Waals surface area contributed by atoms with Gasteiger partial charge in [0.25, 0.3) is 0 Å². The second kappa shape index (κ2) is 6.75. The summed E-state index contributed by atoms with van der Waals surface area (Å²) in [6, 6.07) is 17.0. The normalized spacial score (nSPS) is 10.8. The monoisotopic (exact) mass is 304 g/mol. The quantitative estimate of drug-likeness (QED) is 0.744. The van der Waals surface area contributed by atoms with Gasteiger partial charge in [0.15, 0.2) is 0 Å². The van der Waals surface area contributed by atoms with Crippen molar-refractivity contribution in [2.75, 3.05) is 12.4 Å². The first-order valence-corrected chi connectivity index (χ1v) is 7.23. The van der Waals surface area contributed by atoms with Gasteiger partial charge in [0, 0.05) is 35.0 Å². The highest BCUT2D eigenvalue weighted by atomic mass is 16.5. The molecule has 3 rings (SSSR count). The van der Waals surface area contributed by atoms with E-state index < -0.39 is 0 Å². The van der Waals surface area contributed by atoms with Crippen LogP contribution in [0.5, 0.6) is 5.75 Å². The molecule has 4 heteroatoms. The van der Waals surface area contributed by atoms with Gasteiger partial charge in [-0.3, -0.25) is 9.78 Å². The Balaban J connectivity index is 1.77. The number of benzene rings is 2. The largest absolute Gasteiger partial charge is 0.497 e. The van der Waals surface area contributed by atoms with Crippen molar-refractivity contribution in [3.63, 3.8) is 0 Å². The first kappa shape index (κ1) is 14.8. The summed E-state index contributed by atoms with van der Waals surface area (Å²) in [4.78, 5) is 16.4. The number of carbonyl (C=O) groups excluding carboxylic acids is 1. The van der Waals surface area contributed by atoms with Gasteiger partial charge in [-0.05, 0) is 24.3 Å². The van der Waals surface area contributed by atoms with Crippen LogP contribution in [0.3, 0.4) is 0 Å². The van der Waals surface area contributed by atoms with Crippen LogP contribution in [0, 0.1) is 0 Å². The first-order chi connectivity index (χ1) is 11.3. The summed E-state index contributed by atoms with van der Waals surface area (Å²) in [5.74, 6) is 0.497. The van der Waals surface area contributed by atoms with Gasteiger partial charge in [0.2, 0.25) is 5.91 Å². The van der Waals surface area contributed by atoms with Crippen LogP contribution in [0.25, 0.3) is 17.0 Å². The third kappa shape index (κ3) is 3.55. The highest BCUT2D eigenvalue weighted by molar-refractivity contribution is 6.03. The number of rotatable bonds is 4. The van der Waals surface area contributed by atoms with Crippen molar-refractivity contribution in [3.05, 3.63) is 72.4 Å². The van der Waals surface area contributed by atoms with Crippen LogP contribution < -0.4 is 10.1 Å². The number of hydrogen-bond acceptors (Lipinski definition) is 3. The third-order valence-corrected chi connectivity index (χ3v) is 3.42. The second-order valence-electron chi connectivity index (χ2n) is 4.98. The van der Waals surface area contributed by atoms with E-state index in [0.29, 0.717) is 11.4 Å². The Morgan fingerprint density at radius 1 is 1.13 bits per heavy atom. The molecule has 0 aliphatic carbocycles. The minimum atomic E-state index is -0.203. The number of methoxy groups -OCH3 is 1. The average molecular weight is 304 g/mol. The van der Waals surface area contributed by atoms with Crippen LogP contribution in [0.1, 0.15) is 5.56 Å². The number of nitrogens with zero attached hydrogens (tertiary/aromatic N) is 1. The molecule has 0 fully saturated rings. The van der Waals surface area contributed by atoms with Crippen LogP contribution in [-0.4, -0.2) is 18.0 Å². The lowest BCUT2D eigenvalue weighted by molar-refractivity contribution is -0.111. The fraction of sp³-hybridized carbons (Fsp3) is 0.0526. The summed E-state index contributed by atoms with van der Waals surface area (Å²) >= 11 is 0. The van der Waals surface area contributed by atoms with Crippen LogP contribution in [-0.2, 0) is 4.79 Å². The van der Waals surface area contributed by atoms with Crippen molar-refractivity contribution in [1.82, 2.24) is 4.98 Å². The van der Waals surface area contributed by atoms with E-state index in [1.807, 2.05) is 48.5 Å². The molecule has 4 nitrogen and oxygen atoms in total. The minimum absolute atomic E-state index is 0.203. The summed E-state index contributed by atoms with van der Waals surface area (Å²) in [6.07, 6.45) is 5.02. The van der Waals surface area contributed by atoms with Crippen molar-refractivity contribution < 1.29 is 9.53 Å². The molecule has 0 aliphatic rings. The van der Waals surface area contributed by atoms with E-state index in [0.717, 1.165) is 16.5 Å². The number of nitrogens with one attached hydrogen (secondary N) is 1. The van der Waals surface area contributed by atoms with Gasteiger partial charge in [-0.1, -0.05) is 30.3 Å². The molecule has 114 valence electrons. The van der Waals surface area contributed by atoms with E-state index in [1.54, 1.807) is 25.4 Å². The maximum Gasteiger partial charge on any atom is 0.248 e. The highest BCUT2D eigenvalue weighted by Gasteiger charge is 2.01. The highest BCUT2D eigenvalue weighted by Crippen LogP contribution is 2.18. The Bertz CT molecular complexity index is 867. The lowest BCUT2D eigenvalue weighted by atomic mass is 10.1. The van der Waals surface area contributed by atoms with Gasteiger partial charge in [0.1, 0.15) is 5.75 Å². The Kier molecular flexibility index (Phi) is 4.34. The number of fused-ring (bicyclic) bond motifs is 1. The Morgan fingerprint density at radius 3 is 2.83 bits per heavy atom. The first-order valence-electron chi connectivity index (χ1n) is 7.23. The van der Waals surface area contributed by atoms with E-state index in [2.05, 4.69) is 10.3 Å². The molecule has 0 aliphatic heterocycles. The number of carbonyl (C=O) groups is 1. The van der Waals surface area contributed by atoms with Crippen LogP contribution in [0.4, 0.5) is 5.69 Å². The van der Waals surface area contributed by atoms with Crippen LogP contribution in [0.2, 0.25) is 0 Å². The van der Waals surface area contributed by atoms with Gasteiger partial charge in [-0.15, -0.1) is 0 Å². The number of pyridine rings is 1. The summed E-state index contributed by atoms with van der Waals surface area (Å²) in [5.41, 5.74) is 2.47. The lowest BCUT2D eigenvalue weighted by Crippen LogP contribution is -2.07. The third-order valence-electron chi connectivity index (χ3n) is 3.42. The maximum absolute atomic E-state index is 12.1. The molecular weight excluding hydrogens is 288 g/mol. The molecule has 1 amide bonds. The zero-order valence-corrected chi connectivity index (χ0v) is 12.7. The number of ether oxygens (including phenoxy) is 1. The number of hydrogen-bond donors (Lipinski definition) is 1. The molecule has 0 radical (unpaired) electrons. The number of anilines is 1. The molecule has 1 aromatic heterocycles. The van der Waals surface area contributed by atoms with E-state index in [9.17, 15) is 4.79 Å². The molecule has 0 bridgehead atoms. The SMILES string of the molecule is COc1cccc(NC(=O)C=Cc2cccc3cccnc23)c1. The lowest BCUT2D eigenvalue weighted by Gasteiger charge is -2.05. The van der Waals surface area contributed by atoms with E-state index in [1.165, 1.54) is 6.08 Å². The number of aromatic nitrogens is 1. The van der Waals surface area contributed by atoms with Gasteiger partial charge in [-0.25, -0.2) is 0 Å². The molecule has 0 saturated carbocycles. The predicted octanol–water partition coefficient (Wildman–Crippen LogP) is 3.90. The zero-order valence-electron chi connectivity index (χ0n) is 12.7. The smallest absolute Gasteiger partial charge is 0.248 e. The van der Waals surface area contributed by atoms with Crippen molar-refractivity contribution in [3.8, 4) is 5.75 Å². The fourth-order valence-corrected chi connectivity index (χ4v) is 2.31. The fourth-order valence-electron chi connectivity index (χ4n) is 2.31. The molecule has 0 atom stereocenters. The minimum Gasteiger partial charge on any atom is -0.497 e.